The molecule has 2 heterocycles. The van der Waals surface area contributed by atoms with Crippen molar-refractivity contribution in [1.29, 1.82) is 0 Å². The van der Waals surface area contributed by atoms with Crippen LogP contribution in [0.25, 0.3) is 21.1 Å². The average molecular weight is 363 g/mol. The minimum absolute atomic E-state index is 0.163. The number of ether oxygens (including phenoxy) is 1. The van der Waals surface area contributed by atoms with Crippen LogP contribution in [0.1, 0.15) is 10.5 Å². The molecule has 0 aliphatic rings. The van der Waals surface area contributed by atoms with Crippen molar-refractivity contribution in [3.63, 3.8) is 0 Å². The summed E-state index contributed by atoms with van der Waals surface area (Å²) < 4.78 is 6.02. The number of esters is 1. The summed E-state index contributed by atoms with van der Waals surface area (Å²) in [6, 6.07) is 18.4. The van der Waals surface area contributed by atoms with Gasteiger partial charge in [0.15, 0.2) is 11.7 Å². The number of anilines is 1. The van der Waals surface area contributed by atoms with E-state index in [1.807, 2.05) is 48.5 Å². The van der Waals surface area contributed by atoms with Crippen molar-refractivity contribution in [2.75, 3.05) is 11.9 Å². The van der Waals surface area contributed by atoms with Gasteiger partial charge >= 0.3 is 5.97 Å². The fourth-order valence-electron chi connectivity index (χ4n) is 2.47. The van der Waals surface area contributed by atoms with E-state index in [1.54, 1.807) is 12.1 Å². The van der Waals surface area contributed by atoms with Crippen LogP contribution in [0.4, 0.5) is 5.13 Å². The lowest BCUT2D eigenvalue weighted by atomic mass is 10.2. The molecule has 0 radical (unpaired) electrons. The van der Waals surface area contributed by atoms with E-state index in [4.69, 9.17) is 4.74 Å². The summed E-state index contributed by atoms with van der Waals surface area (Å²) in [6.07, 6.45) is 0. The van der Waals surface area contributed by atoms with Crippen molar-refractivity contribution in [3.05, 3.63) is 66.4 Å². The maximum atomic E-state index is 12.1. The SMILES string of the molecule is O=C(COC(=O)c1ccc2ccccc2n1)Nc1nc2ccccc2s1. The zero-order valence-electron chi connectivity index (χ0n) is 13.5. The van der Waals surface area contributed by atoms with Crippen LogP contribution in [-0.4, -0.2) is 28.5 Å². The maximum Gasteiger partial charge on any atom is 0.357 e. The second-order valence-corrected chi connectivity index (χ2v) is 6.53. The minimum atomic E-state index is -0.643. The van der Waals surface area contributed by atoms with Crippen LogP contribution in [0.2, 0.25) is 0 Å². The number of nitrogens with one attached hydrogen (secondary N) is 1. The maximum absolute atomic E-state index is 12.1. The number of thiazole rings is 1. The zero-order valence-corrected chi connectivity index (χ0v) is 14.3. The first-order valence-corrected chi connectivity index (χ1v) is 8.69. The number of fused-ring (bicyclic) bond motifs is 2. The van der Waals surface area contributed by atoms with E-state index in [2.05, 4.69) is 15.3 Å². The van der Waals surface area contributed by atoms with Crippen LogP contribution < -0.4 is 5.32 Å². The number of carbonyl (C=O) groups excluding carboxylic acids is 2. The summed E-state index contributed by atoms with van der Waals surface area (Å²) in [5.41, 5.74) is 1.67. The molecular weight excluding hydrogens is 350 g/mol. The highest BCUT2D eigenvalue weighted by molar-refractivity contribution is 7.22. The van der Waals surface area contributed by atoms with Crippen molar-refractivity contribution in [1.82, 2.24) is 9.97 Å². The number of para-hydroxylation sites is 2. The fourth-order valence-corrected chi connectivity index (χ4v) is 3.35. The van der Waals surface area contributed by atoms with E-state index in [9.17, 15) is 9.59 Å². The Morgan fingerprint density at radius 1 is 0.923 bits per heavy atom. The largest absolute Gasteiger partial charge is 0.451 e. The lowest BCUT2D eigenvalue weighted by Crippen LogP contribution is -2.21. The van der Waals surface area contributed by atoms with Gasteiger partial charge in [0.2, 0.25) is 0 Å². The number of carbonyl (C=O) groups is 2. The molecule has 0 aliphatic heterocycles. The monoisotopic (exact) mass is 363 g/mol. The highest BCUT2D eigenvalue weighted by Gasteiger charge is 2.13. The van der Waals surface area contributed by atoms with E-state index in [1.165, 1.54) is 11.3 Å². The third-order valence-corrected chi connectivity index (χ3v) is 4.63. The molecule has 0 unspecified atom stereocenters. The molecule has 0 saturated heterocycles. The van der Waals surface area contributed by atoms with Crippen molar-refractivity contribution < 1.29 is 14.3 Å². The molecule has 2 aromatic carbocycles. The summed E-state index contributed by atoms with van der Waals surface area (Å²) in [6.45, 7) is -0.400. The van der Waals surface area contributed by atoms with Gasteiger partial charge in [0.1, 0.15) is 5.69 Å². The topological polar surface area (TPSA) is 81.2 Å². The molecule has 0 saturated carbocycles. The summed E-state index contributed by atoms with van der Waals surface area (Å²) in [4.78, 5) is 32.7. The molecule has 0 spiro atoms. The van der Waals surface area contributed by atoms with Gasteiger partial charge in [-0.25, -0.2) is 14.8 Å². The van der Waals surface area contributed by atoms with Gasteiger partial charge in [-0.2, -0.15) is 0 Å². The standard InChI is InChI=1S/C19H13N3O3S/c23-17(22-19-21-14-7-3-4-8-16(14)26-19)11-25-18(24)15-10-9-12-5-1-2-6-13(12)20-15/h1-10H,11H2,(H,21,22,23). The van der Waals surface area contributed by atoms with E-state index in [0.717, 1.165) is 15.6 Å². The second kappa shape index (κ2) is 6.89. The Morgan fingerprint density at radius 3 is 2.54 bits per heavy atom. The zero-order chi connectivity index (χ0) is 17.9. The molecule has 0 bridgehead atoms. The number of pyridine rings is 1. The molecule has 128 valence electrons. The Morgan fingerprint density at radius 2 is 1.69 bits per heavy atom. The number of aromatic nitrogens is 2. The van der Waals surface area contributed by atoms with Gasteiger partial charge < -0.3 is 4.74 Å². The van der Waals surface area contributed by atoms with Crippen LogP contribution in [0.15, 0.2) is 60.7 Å². The van der Waals surface area contributed by atoms with E-state index in [-0.39, 0.29) is 5.69 Å². The number of rotatable bonds is 4. The lowest BCUT2D eigenvalue weighted by Gasteiger charge is -2.05. The van der Waals surface area contributed by atoms with Crippen LogP contribution in [0.3, 0.4) is 0 Å². The quantitative estimate of drug-likeness (QED) is 0.560. The van der Waals surface area contributed by atoms with E-state index >= 15 is 0 Å². The smallest absolute Gasteiger partial charge is 0.357 e. The highest BCUT2D eigenvalue weighted by Crippen LogP contribution is 2.25. The van der Waals surface area contributed by atoms with Gasteiger partial charge in [-0.1, -0.05) is 47.7 Å². The Kier molecular flexibility index (Phi) is 4.28. The van der Waals surface area contributed by atoms with Crippen molar-refractivity contribution >= 4 is 49.5 Å². The van der Waals surface area contributed by atoms with E-state index in [0.29, 0.717) is 10.6 Å². The average Bonchev–Trinajstić information content (AvgIpc) is 3.08. The van der Waals surface area contributed by atoms with Gasteiger partial charge in [0, 0.05) is 5.39 Å². The van der Waals surface area contributed by atoms with Crippen LogP contribution >= 0.6 is 11.3 Å². The Hall–Kier alpha value is -3.32. The first kappa shape index (κ1) is 16.2. The molecule has 7 heteroatoms. The number of nitrogens with zero attached hydrogens (tertiary/aromatic N) is 2. The van der Waals surface area contributed by atoms with Crippen molar-refractivity contribution in [3.8, 4) is 0 Å². The summed E-state index contributed by atoms with van der Waals surface area (Å²) >= 11 is 1.36. The Labute approximate surface area is 152 Å². The molecule has 0 atom stereocenters. The van der Waals surface area contributed by atoms with E-state index < -0.39 is 18.5 Å². The second-order valence-electron chi connectivity index (χ2n) is 5.50. The van der Waals surface area contributed by atoms with Gasteiger partial charge in [-0.15, -0.1) is 0 Å². The lowest BCUT2D eigenvalue weighted by molar-refractivity contribution is -0.119. The molecular formula is C19H13N3O3S. The molecule has 4 aromatic rings. The summed E-state index contributed by atoms with van der Waals surface area (Å²) in [5.74, 6) is -1.09. The molecule has 0 fully saturated rings. The first-order valence-electron chi connectivity index (χ1n) is 7.87. The number of benzene rings is 2. The molecule has 4 rings (SSSR count). The Bertz CT molecular complexity index is 1090. The molecule has 1 amide bonds. The molecule has 2 aromatic heterocycles. The van der Waals surface area contributed by atoms with Crippen LogP contribution in [0, 0.1) is 0 Å². The summed E-state index contributed by atoms with van der Waals surface area (Å²) in [5, 5.41) is 4.04. The molecule has 6 nitrogen and oxygen atoms in total. The van der Waals surface area contributed by atoms with Crippen molar-refractivity contribution in [2.24, 2.45) is 0 Å². The van der Waals surface area contributed by atoms with Crippen LogP contribution in [-0.2, 0) is 9.53 Å². The molecule has 26 heavy (non-hydrogen) atoms. The van der Waals surface area contributed by atoms with Crippen molar-refractivity contribution in [2.45, 2.75) is 0 Å². The highest BCUT2D eigenvalue weighted by atomic mass is 32.1. The number of amides is 1. The molecule has 0 aliphatic carbocycles. The summed E-state index contributed by atoms with van der Waals surface area (Å²) in [7, 11) is 0. The first-order chi connectivity index (χ1) is 12.7. The normalized spacial score (nSPS) is 10.8. The van der Waals surface area contributed by atoms with Crippen LogP contribution in [0.5, 0.6) is 0 Å². The molecule has 1 N–H and O–H groups in total. The van der Waals surface area contributed by atoms with Gasteiger partial charge in [-0.3, -0.25) is 10.1 Å². The predicted octanol–water partition coefficient (Wildman–Crippen LogP) is 3.64. The third kappa shape index (κ3) is 3.38. The number of hydrogen-bond acceptors (Lipinski definition) is 6. The number of hydrogen-bond donors (Lipinski definition) is 1. The minimum Gasteiger partial charge on any atom is -0.451 e. The Balaban J connectivity index is 1.39. The van der Waals surface area contributed by atoms with Gasteiger partial charge in [-0.05, 0) is 24.3 Å². The fraction of sp³-hybridized carbons (Fsp3) is 0.0526. The predicted molar refractivity (Wildman–Crippen MR) is 100 cm³/mol. The van der Waals surface area contributed by atoms with Gasteiger partial charge in [0.05, 0.1) is 15.7 Å². The van der Waals surface area contributed by atoms with Gasteiger partial charge in [0.25, 0.3) is 5.91 Å². The third-order valence-electron chi connectivity index (χ3n) is 3.68.